The van der Waals surface area contributed by atoms with E-state index in [1.54, 1.807) is 24.3 Å². The third-order valence-corrected chi connectivity index (χ3v) is 5.44. The number of ether oxygens (including phenoxy) is 2. The molecule has 1 amide bonds. The summed E-state index contributed by atoms with van der Waals surface area (Å²) in [6.07, 6.45) is 0.480. The van der Waals surface area contributed by atoms with Gasteiger partial charge in [-0.15, -0.1) is 0 Å². The Hall–Kier alpha value is -2.09. The number of sulfone groups is 1. The fraction of sp³-hybridized carbons (Fsp3) is 0.500. The van der Waals surface area contributed by atoms with Gasteiger partial charge in [0.05, 0.1) is 23.8 Å². The fourth-order valence-corrected chi connectivity index (χ4v) is 4.37. The van der Waals surface area contributed by atoms with Crippen LogP contribution in [0.4, 0.5) is 5.69 Å². The predicted octanol–water partition coefficient (Wildman–Crippen LogP) is 1.39. The van der Waals surface area contributed by atoms with Gasteiger partial charge in [0, 0.05) is 6.42 Å². The van der Waals surface area contributed by atoms with Crippen LogP contribution in [-0.4, -0.2) is 45.0 Å². The van der Waals surface area contributed by atoms with E-state index < -0.39 is 28.3 Å². The molecule has 132 valence electrons. The van der Waals surface area contributed by atoms with Gasteiger partial charge in [-0.2, -0.15) is 0 Å². The third kappa shape index (κ3) is 5.52. The highest BCUT2D eigenvalue weighted by Crippen LogP contribution is 2.24. The maximum atomic E-state index is 11.9. The molecule has 1 fully saturated rings. The standard InChI is InChI=1S/C16H21NO6S/c1-2-22-14-6-4-3-5-13(14)17-15(18)10-23-16(19)9-12-7-8-24(20,21)11-12/h3-6,12H,2,7-11H2,1H3,(H,17,18)/t12-/m0/s1. The quantitative estimate of drug-likeness (QED) is 0.742. The molecule has 8 heteroatoms. The van der Waals surface area contributed by atoms with E-state index in [2.05, 4.69) is 5.32 Å². The smallest absolute Gasteiger partial charge is 0.306 e. The normalized spacial score (nSPS) is 18.8. The summed E-state index contributed by atoms with van der Waals surface area (Å²) >= 11 is 0. The lowest BCUT2D eigenvalue weighted by Crippen LogP contribution is -2.22. The molecule has 1 heterocycles. The van der Waals surface area contributed by atoms with Crippen LogP contribution in [0.15, 0.2) is 24.3 Å². The number of carbonyl (C=O) groups is 2. The van der Waals surface area contributed by atoms with E-state index in [-0.39, 0.29) is 23.8 Å². The van der Waals surface area contributed by atoms with Crippen molar-refractivity contribution in [2.24, 2.45) is 5.92 Å². The van der Waals surface area contributed by atoms with Crippen molar-refractivity contribution < 1.29 is 27.5 Å². The van der Waals surface area contributed by atoms with Gasteiger partial charge in [0.2, 0.25) is 0 Å². The Morgan fingerprint density at radius 2 is 2.04 bits per heavy atom. The van der Waals surface area contributed by atoms with Gasteiger partial charge < -0.3 is 14.8 Å². The van der Waals surface area contributed by atoms with E-state index in [9.17, 15) is 18.0 Å². The summed E-state index contributed by atoms with van der Waals surface area (Å²) in [5.41, 5.74) is 0.502. The summed E-state index contributed by atoms with van der Waals surface area (Å²) in [7, 11) is -3.02. The van der Waals surface area contributed by atoms with Gasteiger partial charge in [-0.1, -0.05) is 12.1 Å². The van der Waals surface area contributed by atoms with Gasteiger partial charge >= 0.3 is 5.97 Å². The number of rotatable bonds is 7. The van der Waals surface area contributed by atoms with Crippen LogP contribution in [0.5, 0.6) is 5.75 Å². The van der Waals surface area contributed by atoms with Crippen molar-refractivity contribution in [2.45, 2.75) is 19.8 Å². The second-order valence-electron chi connectivity index (χ2n) is 5.61. The van der Waals surface area contributed by atoms with E-state index in [4.69, 9.17) is 9.47 Å². The van der Waals surface area contributed by atoms with Crippen LogP contribution in [0.3, 0.4) is 0 Å². The lowest BCUT2D eigenvalue weighted by atomic mass is 10.1. The van der Waals surface area contributed by atoms with Crippen molar-refractivity contribution >= 4 is 27.4 Å². The van der Waals surface area contributed by atoms with Crippen molar-refractivity contribution in [1.29, 1.82) is 0 Å². The van der Waals surface area contributed by atoms with Crippen molar-refractivity contribution in [2.75, 3.05) is 30.0 Å². The molecule has 0 aliphatic carbocycles. The average molecular weight is 355 g/mol. The van der Waals surface area contributed by atoms with Gasteiger partial charge in [0.25, 0.3) is 5.91 Å². The molecule has 1 atom stereocenters. The summed E-state index contributed by atoms with van der Waals surface area (Å²) in [5, 5.41) is 2.62. The first-order valence-corrected chi connectivity index (χ1v) is 9.59. The van der Waals surface area contributed by atoms with Gasteiger partial charge in [-0.25, -0.2) is 8.42 Å². The number of esters is 1. The summed E-state index contributed by atoms with van der Waals surface area (Å²) in [4.78, 5) is 23.6. The first kappa shape index (κ1) is 18.3. The summed E-state index contributed by atoms with van der Waals surface area (Å²) in [6, 6.07) is 6.96. The molecule has 1 aliphatic rings. The molecule has 0 spiro atoms. The Balaban J connectivity index is 1.78. The van der Waals surface area contributed by atoms with E-state index >= 15 is 0 Å². The number of carbonyl (C=O) groups excluding carboxylic acids is 2. The largest absolute Gasteiger partial charge is 0.492 e. The zero-order valence-corrected chi connectivity index (χ0v) is 14.3. The first-order chi connectivity index (χ1) is 11.4. The Morgan fingerprint density at radius 3 is 2.71 bits per heavy atom. The molecule has 0 unspecified atom stereocenters. The zero-order valence-electron chi connectivity index (χ0n) is 13.5. The monoisotopic (exact) mass is 355 g/mol. The molecule has 1 aliphatic heterocycles. The van der Waals surface area contributed by atoms with Crippen LogP contribution in [0.25, 0.3) is 0 Å². The van der Waals surface area contributed by atoms with Crippen LogP contribution in [0.1, 0.15) is 19.8 Å². The topological polar surface area (TPSA) is 98.8 Å². The number of nitrogens with one attached hydrogen (secondary N) is 1. The maximum absolute atomic E-state index is 11.9. The maximum Gasteiger partial charge on any atom is 0.306 e. The predicted molar refractivity (Wildman–Crippen MR) is 88.6 cm³/mol. The Labute approximate surface area is 141 Å². The van der Waals surface area contributed by atoms with Crippen LogP contribution in [-0.2, 0) is 24.2 Å². The van der Waals surface area contributed by atoms with Crippen molar-refractivity contribution in [1.82, 2.24) is 0 Å². The van der Waals surface area contributed by atoms with Gasteiger partial charge in [0.15, 0.2) is 16.4 Å². The van der Waals surface area contributed by atoms with Crippen molar-refractivity contribution in [3.8, 4) is 5.75 Å². The minimum Gasteiger partial charge on any atom is -0.492 e. The first-order valence-electron chi connectivity index (χ1n) is 7.77. The second-order valence-corrected chi connectivity index (χ2v) is 7.84. The molecule has 24 heavy (non-hydrogen) atoms. The molecule has 0 radical (unpaired) electrons. The number of amides is 1. The summed E-state index contributed by atoms with van der Waals surface area (Å²) < 4.78 is 33.0. The lowest BCUT2D eigenvalue weighted by Gasteiger charge is -2.12. The molecule has 1 aromatic rings. The van der Waals surface area contributed by atoms with Crippen LogP contribution in [0, 0.1) is 5.92 Å². The van der Waals surface area contributed by atoms with Crippen LogP contribution >= 0.6 is 0 Å². The van der Waals surface area contributed by atoms with Crippen LogP contribution in [0.2, 0.25) is 0 Å². The van der Waals surface area contributed by atoms with Gasteiger partial charge in [-0.05, 0) is 31.4 Å². The molecular formula is C16H21NO6S. The van der Waals surface area contributed by atoms with Crippen LogP contribution < -0.4 is 10.1 Å². The molecule has 1 N–H and O–H groups in total. The van der Waals surface area contributed by atoms with Crippen molar-refractivity contribution in [3.05, 3.63) is 24.3 Å². The number of hydrogen-bond donors (Lipinski definition) is 1. The molecule has 1 saturated heterocycles. The third-order valence-electron chi connectivity index (χ3n) is 3.61. The minimum absolute atomic E-state index is 0.00995. The minimum atomic E-state index is -3.02. The SMILES string of the molecule is CCOc1ccccc1NC(=O)COC(=O)C[C@@H]1CCS(=O)(=O)C1. The highest BCUT2D eigenvalue weighted by Gasteiger charge is 2.30. The van der Waals surface area contributed by atoms with Gasteiger partial charge in [0.1, 0.15) is 5.75 Å². The summed E-state index contributed by atoms with van der Waals surface area (Å²) in [5.74, 6) is -0.602. The second kappa shape index (κ2) is 8.14. The van der Waals surface area contributed by atoms with Crippen molar-refractivity contribution in [3.63, 3.8) is 0 Å². The molecule has 0 aromatic heterocycles. The molecule has 2 rings (SSSR count). The Bertz CT molecular complexity index is 700. The van der Waals surface area contributed by atoms with E-state index in [0.29, 0.717) is 24.5 Å². The number of anilines is 1. The van der Waals surface area contributed by atoms with E-state index in [1.165, 1.54) is 0 Å². The molecule has 0 bridgehead atoms. The Morgan fingerprint density at radius 1 is 1.29 bits per heavy atom. The van der Waals surface area contributed by atoms with E-state index in [1.807, 2.05) is 6.92 Å². The average Bonchev–Trinajstić information content (AvgIpc) is 2.86. The molecular weight excluding hydrogens is 334 g/mol. The molecule has 0 saturated carbocycles. The lowest BCUT2D eigenvalue weighted by molar-refractivity contribution is -0.148. The van der Waals surface area contributed by atoms with Gasteiger partial charge in [-0.3, -0.25) is 9.59 Å². The zero-order chi connectivity index (χ0) is 17.6. The highest BCUT2D eigenvalue weighted by atomic mass is 32.2. The Kier molecular flexibility index (Phi) is 6.19. The highest BCUT2D eigenvalue weighted by molar-refractivity contribution is 7.91. The number of benzene rings is 1. The number of hydrogen-bond acceptors (Lipinski definition) is 6. The fourth-order valence-electron chi connectivity index (χ4n) is 2.51. The van der Waals surface area contributed by atoms with E-state index in [0.717, 1.165) is 0 Å². The molecule has 7 nitrogen and oxygen atoms in total. The molecule has 1 aromatic carbocycles. The number of para-hydroxylation sites is 2. The summed E-state index contributed by atoms with van der Waals surface area (Å²) in [6.45, 7) is 1.88.